The lowest BCUT2D eigenvalue weighted by molar-refractivity contribution is 0.467. The van der Waals surface area contributed by atoms with Crippen molar-refractivity contribution in [1.82, 2.24) is 10.4 Å². The first-order valence-corrected chi connectivity index (χ1v) is 5.83. The fourth-order valence-electron chi connectivity index (χ4n) is 1.10. The van der Waals surface area contributed by atoms with Gasteiger partial charge < -0.3 is 22.0 Å². The van der Waals surface area contributed by atoms with E-state index < -0.39 is 0 Å². The largest absolute Gasteiger partial charge is 0.506 e. The van der Waals surface area contributed by atoms with Gasteiger partial charge in [-0.15, -0.1) is 0 Å². The molecule has 0 fully saturated rings. The molecular formula is C12H23N5O. The topological polar surface area (TPSA) is 123 Å². The minimum atomic E-state index is 0.126. The van der Waals surface area contributed by atoms with Gasteiger partial charge in [0, 0.05) is 6.54 Å². The molecule has 1 aromatic rings. The lowest BCUT2D eigenvalue weighted by Gasteiger charge is -2.09. The summed E-state index contributed by atoms with van der Waals surface area (Å²) in [7, 11) is 0. The highest BCUT2D eigenvalue weighted by atomic mass is 16.3. The minimum absolute atomic E-state index is 0.126. The zero-order valence-corrected chi connectivity index (χ0v) is 11.2. The second-order valence-corrected chi connectivity index (χ2v) is 3.75. The Labute approximate surface area is 108 Å². The number of pyridine rings is 1. The molecule has 102 valence electrons. The third-order valence-corrected chi connectivity index (χ3v) is 2.04. The van der Waals surface area contributed by atoms with Crippen molar-refractivity contribution in [3.63, 3.8) is 0 Å². The molecule has 1 aromatic heterocycles. The molecule has 0 bridgehead atoms. The number of nitrogens with zero attached hydrogens (tertiary/aromatic N) is 1. The number of hydrazine groups is 1. The van der Waals surface area contributed by atoms with Gasteiger partial charge in [0.1, 0.15) is 5.75 Å². The molecular weight excluding hydrogens is 230 g/mol. The zero-order valence-electron chi connectivity index (χ0n) is 11.2. The van der Waals surface area contributed by atoms with Crippen LogP contribution in [0.1, 0.15) is 31.7 Å². The molecule has 0 atom stereocenters. The van der Waals surface area contributed by atoms with E-state index in [1.807, 2.05) is 0 Å². The zero-order chi connectivity index (χ0) is 14.1. The highest BCUT2D eigenvalue weighted by molar-refractivity contribution is 5.63. The molecule has 0 spiro atoms. The van der Waals surface area contributed by atoms with Crippen LogP contribution in [-0.2, 0) is 0 Å². The van der Waals surface area contributed by atoms with Crippen molar-refractivity contribution in [2.45, 2.75) is 27.2 Å². The van der Waals surface area contributed by atoms with Crippen molar-refractivity contribution >= 4 is 5.70 Å². The van der Waals surface area contributed by atoms with Gasteiger partial charge in [0.05, 0.1) is 22.8 Å². The predicted octanol–water partition coefficient (Wildman–Crippen LogP) is 0.561. The molecule has 0 aliphatic carbocycles. The van der Waals surface area contributed by atoms with Crippen LogP contribution in [0.15, 0.2) is 17.8 Å². The molecule has 6 nitrogen and oxygen atoms in total. The molecule has 6 heteroatoms. The Kier molecular flexibility index (Phi) is 7.50. The van der Waals surface area contributed by atoms with Crippen molar-refractivity contribution in [3.05, 3.63) is 29.2 Å². The molecule has 0 radical (unpaired) electrons. The summed E-state index contributed by atoms with van der Waals surface area (Å²) in [5.41, 5.74) is 15.6. The summed E-state index contributed by atoms with van der Waals surface area (Å²) in [6, 6.07) is 3.12. The summed E-state index contributed by atoms with van der Waals surface area (Å²) >= 11 is 0. The van der Waals surface area contributed by atoms with Gasteiger partial charge in [0.25, 0.3) is 0 Å². The van der Waals surface area contributed by atoms with E-state index in [0.29, 0.717) is 22.8 Å². The fourth-order valence-corrected chi connectivity index (χ4v) is 1.10. The Hall–Kier alpha value is -1.79. The van der Waals surface area contributed by atoms with E-state index in [1.54, 1.807) is 13.0 Å². The number of nitrogens with two attached hydrogens (primary N) is 3. The molecule has 0 amide bonds. The molecule has 0 aromatic carbocycles. The first-order chi connectivity index (χ1) is 8.51. The lowest BCUT2D eigenvalue weighted by Crippen LogP contribution is -2.29. The van der Waals surface area contributed by atoms with Crippen LogP contribution in [0, 0.1) is 6.92 Å². The second-order valence-electron chi connectivity index (χ2n) is 3.75. The van der Waals surface area contributed by atoms with Gasteiger partial charge >= 0.3 is 0 Å². The van der Waals surface area contributed by atoms with E-state index in [1.165, 1.54) is 12.5 Å². The number of rotatable bonds is 3. The van der Waals surface area contributed by atoms with Gasteiger partial charge in [-0.2, -0.15) is 0 Å². The van der Waals surface area contributed by atoms with Crippen molar-refractivity contribution in [2.24, 2.45) is 17.3 Å². The van der Waals surface area contributed by atoms with Crippen LogP contribution in [-0.4, -0.2) is 16.6 Å². The number of hydrogen-bond acceptors (Lipinski definition) is 6. The van der Waals surface area contributed by atoms with Gasteiger partial charge in [-0.1, -0.05) is 20.3 Å². The van der Waals surface area contributed by atoms with E-state index in [9.17, 15) is 5.11 Å². The number of aromatic hydroxyl groups is 1. The van der Waals surface area contributed by atoms with E-state index in [4.69, 9.17) is 17.3 Å². The van der Waals surface area contributed by atoms with Gasteiger partial charge in [0.15, 0.2) is 0 Å². The smallest absolute Gasteiger partial charge is 0.136 e. The van der Waals surface area contributed by atoms with E-state index in [-0.39, 0.29) is 12.3 Å². The van der Waals surface area contributed by atoms with Crippen LogP contribution < -0.4 is 22.7 Å². The number of hydrogen-bond donors (Lipinski definition) is 5. The standard InChI is InChI=1S/C9H15N5O.C3H8/c1-5-8(15)3-2-6(13-5)9(11)7(4-10)14-12;1-3-2/h2-3,14-15H,4,10-12H2,1H3;3H2,1-2H3/b9-7-;. The van der Waals surface area contributed by atoms with Crippen LogP contribution in [0.4, 0.5) is 0 Å². The van der Waals surface area contributed by atoms with Crippen LogP contribution in [0.2, 0.25) is 0 Å². The average Bonchev–Trinajstić information content (AvgIpc) is 2.35. The molecule has 1 rings (SSSR count). The number of nitrogens with one attached hydrogen (secondary N) is 1. The van der Waals surface area contributed by atoms with Gasteiger partial charge in [-0.05, 0) is 19.1 Å². The third kappa shape index (κ3) is 4.60. The van der Waals surface area contributed by atoms with E-state index in [0.717, 1.165) is 0 Å². The lowest BCUT2D eigenvalue weighted by atomic mass is 10.2. The average molecular weight is 253 g/mol. The fraction of sp³-hybridized carbons (Fsp3) is 0.417. The number of aryl methyl sites for hydroxylation is 1. The normalized spacial score (nSPS) is 11.2. The third-order valence-electron chi connectivity index (χ3n) is 2.04. The Morgan fingerprint density at radius 3 is 2.33 bits per heavy atom. The monoisotopic (exact) mass is 253 g/mol. The Morgan fingerprint density at radius 1 is 1.39 bits per heavy atom. The van der Waals surface area contributed by atoms with Crippen molar-refractivity contribution < 1.29 is 5.11 Å². The van der Waals surface area contributed by atoms with Gasteiger partial charge in [-0.25, -0.2) is 4.98 Å². The molecule has 0 saturated heterocycles. The van der Waals surface area contributed by atoms with E-state index in [2.05, 4.69) is 24.3 Å². The van der Waals surface area contributed by atoms with Crippen molar-refractivity contribution in [2.75, 3.05) is 6.54 Å². The molecule has 1 heterocycles. The van der Waals surface area contributed by atoms with Crippen LogP contribution in [0.5, 0.6) is 5.75 Å². The minimum Gasteiger partial charge on any atom is -0.506 e. The Balaban J connectivity index is 0.000000873. The van der Waals surface area contributed by atoms with Gasteiger partial charge in [-0.3, -0.25) is 5.84 Å². The highest BCUT2D eigenvalue weighted by Crippen LogP contribution is 2.16. The molecule has 18 heavy (non-hydrogen) atoms. The molecule has 0 aliphatic heterocycles. The first kappa shape index (κ1) is 16.2. The Morgan fingerprint density at radius 2 is 1.94 bits per heavy atom. The quantitative estimate of drug-likeness (QED) is 0.396. The molecule has 8 N–H and O–H groups in total. The van der Waals surface area contributed by atoms with Crippen molar-refractivity contribution in [1.29, 1.82) is 0 Å². The van der Waals surface area contributed by atoms with E-state index >= 15 is 0 Å². The van der Waals surface area contributed by atoms with Crippen molar-refractivity contribution in [3.8, 4) is 5.75 Å². The first-order valence-electron chi connectivity index (χ1n) is 5.83. The SMILES string of the molecule is CCC.Cc1nc(/C(N)=C(\CN)NN)ccc1O. The second kappa shape index (κ2) is 8.32. The van der Waals surface area contributed by atoms with Crippen LogP contribution in [0.3, 0.4) is 0 Å². The summed E-state index contributed by atoms with van der Waals surface area (Å²) in [6.45, 7) is 6.13. The summed E-state index contributed by atoms with van der Waals surface area (Å²) in [5, 5.41) is 9.29. The maximum Gasteiger partial charge on any atom is 0.136 e. The summed E-state index contributed by atoms with van der Waals surface area (Å²) < 4.78 is 0. The summed E-state index contributed by atoms with van der Waals surface area (Å²) in [4.78, 5) is 4.11. The molecule has 0 saturated carbocycles. The Bertz CT molecular complexity index is 397. The maximum absolute atomic E-state index is 9.29. The molecule has 0 unspecified atom stereocenters. The number of aromatic nitrogens is 1. The summed E-state index contributed by atoms with van der Waals surface area (Å²) in [6.07, 6.45) is 1.25. The summed E-state index contributed by atoms with van der Waals surface area (Å²) in [5.74, 6) is 5.37. The molecule has 0 aliphatic rings. The van der Waals surface area contributed by atoms with Crippen LogP contribution in [0.25, 0.3) is 5.70 Å². The predicted molar refractivity (Wildman–Crippen MR) is 74.1 cm³/mol. The van der Waals surface area contributed by atoms with Crippen LogP contribution >= 0.6 is 0 Å². The maximum atomic E-state index is 9.29. The van der Waals surface area contributed by atoms with Gasteiger partial charge in [0.2, 0.25) is 0 Å². The highest BCUT2D eigenvalue weighted by Gasteiger charge is 2.06.